The van der Waals surface area contributed by atoms with Crippen LogP contribution in [0.2, 0.25) is 0 Å². The number of amides is 4. The molecule has 10 nitrogen and oxygen atoms in total. The van der Waals surface area contributed by atoms with Gasteiger partial charge in [0.2, 0.25) is 0 Å². The molecule has 0 aliphatic carbocycles. The molecule has 2 N–H and O–H groups in total. The molecular formula is C26H32N4O6. The van der Waals surface area contributed by atoms with E-state index >= 15 is 0 Å². The molecule has 0 saturated carbocycles. The van der Waals surface area contributed by atoms with Crippen molar-refractivity contribution >= 4 is 24.0 Å². The van der Waals surface area contributed by atoms with Crippen molar-refractivity contribution in [2.24, 2.45) is 0 Å². The quantitative estimate of drug-likeness (QED) is 0.386. The maximum atomic E-state index is 12.2. The topological polar surface area (TPSA) is 117 Å². The van der Waals surface area contributed by atoms with Crippen LogP contribution >= 0.6 is 0 Å². The fourth-order valence-corrected chi connectivity index (χ4v) is 2.93. The molecule has 2 aromatic rings. The Morgan fingerprint density at radius 3 is 1.31 bits per heavy atom. The van der Waals surface area contributed by atoms with E-state index in [1.807, 2.05) is 36.4 Å². The van der Waals surface area contributed by atoms with E-state index in [0.29, 0.717) is 0 Å². The van der Waals surface area contributed by atoms with Gasteiger partial charge in [-0.2, -0.15) is 0 Å². The van der Waals surface area contributed by atoms with Crippen molar-refractivity contribution in [1.29, 1.82) is 0 Å². The lowest BCUT2D eigenvalue weighted by Gasteiger charge is -2.21. The van der Waals surface area contributed by atoms with Gasteiger partial charge in [0.15, 0.2) is 0 Å². The minimum atomic E-state index is -0.771. The van der Waals surface area contributed by atoms with Gasteiger partial charge in [-0.05, 0) is 11.1 Å². The van der Waals surface area contributed by atoms with E-state index < -0.39 is 24.0 Å². The number of esters is 2. The second kappa shape index (κ2) is 14.1. The molecule has 36 heavy (non-hydrogen) atoms. The molecule has 2 aromatic carbocycles. The van der Waals surface area contributed by atoms with Gasteiger partial charge in [0.25, 0.3) is 0 Å². The van der Waals surface area contributed by atoms with Gasteiger partial charge in [0, 0.05) is 40.3 Å². The molecule has 4 amide bonds. The van der Waals surface area contributed by atoms with E-state index in [0.717, 1.165) is 23.3 Å². The van der Waals surface area contributed by atoms with Crippen LogP contribution < -0.4 is 10.6 Å². The van der Waals surface area contributed by atoms with Gasteiger partial charge in [-0.3, -0.25) is 0 Å². The minimum absolute atomic E-state index is 0.130. The second-order valence-electron chi connectivity index (χ2n) is 8.21. The number of urea groups is 2. The molecule has 0 fully saturated rings. The average molecular weight is 497 g/mol. The summed E-state index contributed by atoms with van der Waals surface area (Å²) in [6.07, 6.45) is 1.90. The van der Waals surface area contributed by atoms with E-state index in [1.165, 1.54) is 9.80 Å². The Bertz CT molecular complexity index is 957. The monoisotopic (exact) mass is 496 g/mol. The van der Waals surface area contributed by atoms with Gasteiger partial charge in [-0.1, -0.05) is 60.7 Å². The van der Waals surface area contributed by atoms with Gasteiger partial charge < -0.3 is 29.9 Å². The highest BCUT2D eigenvalue weighted by Gasteiger charge is 2.19. The molecule has 0 saturated heterocycles. The molecule has 2 atom stereocenters. The maximum absolute atomic E-state index is 12.2. The zero-order chi connectivity index (χ0) is 26.5. The molecule has 0 radical (unpaired) electrons. The smallest absolute Gasteiger partial charge is 0.331 e. The van der Waals surface area contributed by atoms with Crippen LogP contribution in [0.25, 0.3) is 0 Å². The molecule has 0 unspecified atom stereocenters. The lowest BCUT2D eigenvalue weighted by Crippen LogP contribution is -2.39. The third-order valence-corrected chi connectivity index (χ3v) is 4.95. The van der Waals surface area contributed by atoms with Crippen molar-refractivity contribution in [2.75, 3.05) is 41.4 Å². The number of nitrogens with zero attached hydrogens (tertiary/aromatic N) is 2. The fraction of sp³-hybridized carbons (Fsp3) is 0.308. The van der Waals surface area contributed by atoms with Crippen LogP contribution in [-0.2, 0) is 19.1 Å². The summed E-state index contributed by atoms with van der Waals surface area (Å²) in [5.41, 5.74) is 1.52. The Hall–Kier alpha value is -4.34. The van der Waals surface area contributed by atoms with Gasteiger partial charge in [-0.25, -0.2) is 19.2 Å². The van der Waals surface area contributed by atoms with Crippen molar-refractivity contribution < 1.29 is 28.7 Å². The summed E-state index contributed by atoms with van der Waals surface area (Å²) >= 11 is 0. The van der Waals surface area contributed by atoms with Crippen LogP contribution in [0.3, 0.4) is 0 Å². The lowest BCUT2D eigenvalue weighted by molar-refractivity contribution is -0.141. The van der Waals surface area contributed by atoms with Crippen molar-refractivity contribution in [2.45, 2.75) is 12.1 Å². The van der Waals surface area contributed by atoms with E-state index in [9.17, 15) is 19.2 Å². The molecule has 2 rings (SSSR count). The highest BCUT2D eigenvalue weighted by atomic mass is 16.5. The van der Waals surface area contributed by atoms with Crippen molar-refractivity contribution in [3.8, 4) is 0 Å². The molecule has 0 spiro atoms. The highest BCUT2D eigenvalue weighted by Crippen LogP contribution is 2.15. The van der Waals surface area contributed by atoms with Crippen LogP contribution in [0.4, 0.5) is 9.59 Å². The summed E-state index contributed by atoms with van der Waals surface area (Å²) in [5, 5.41) is 5.56. The molecule has 0 aliphatic rings. The zero-order valence-electron chi connectivity index (χ0n) is 20.8. The predicted molar refractivity (Wildman–Crippen MR) is 134 cm³/mol. The van der Waals surface area contributed by atoms with E-state index in [-0.39, 0.29) is 25.3 Å². The zero-order valence-corrected chi connectivity index (χ0v) is 20.8. The van der Waals surface area contributed by atoms with Crippen molar-refractivity contribution in [3.63, 3.8) is 0 Å². The Morgan fingerprint density at radius 1 is 0.667 bits per heavy atom. The van der Waals surface area contributed by atoms with E-state index in [1.54, 1.807) is 52.5 Å². The lowest BCUT2D eigenvalue weighted by atomic mass is 10.1. The Kier molecular flexibility index (Phi) is 11.0. The number of ether oxygens (including phenoxy) is 2. The number of benzene rings is 2. The van der Waals surface area contributed by atoms with Crippen LogP contribution in [0.15, 0.2) is 72.8 Å². The fourth-order valence-electron chi connectivity index (χ4n) is 2.93. The molecule has 192 valence electrons. The number of carbonyl (C=O) groups is 4. The van der Waals surface area contributed by atoms with E-state index in [2.05, 4.69) is 10.6 Å². The van der Waals surface area contributed by atoms with Gasteiger partial charge >= 0.3 is 24.0 Å². The Balaban J connectivity index is 1.92. The Morgan fingerprint density at radius 2 is 1.00 bits per heavy atom. The SMILES string of the molecule is CN(C)C(=O)N[C@@H](COC(=O)/C=C/C(=O)OC[C@H](NC(=O)N(C)C)c1ccccc1)c1ccccc1. The summed E-state index contributed by atoms with van der Waals surface area (Å²) in [7, 11) is 6.41. The first-order chi connectivity index (χ1) is 17.2. The minimum Gasteiger partial charge on any atom is -0.460 e. The standard InChI is InChI=1S/C26H32N4O6/c1-29(2)25(33)27-21(19-11-7-5-8-12-19)17-35-23(31)15-16-24(32)36-18-22(28-26(34)30(3)4)20-13-9-6-10-14-20/h5-16,21-22H,17-18H2,1-4H3,(H,27,33)(H,28,34)/b16-15+/t21-,22-/m0/s1. The third kappa shape index (κ3) is 9.49. The first kappa shape index (κ1) is 27.9. The van der Waals surface area contributed by atoms with Gasteiger partial charge in [0.1, 0.15) is 13.2 Å². The number of carbonyl (C=O) groups excluding carboxylic acids is 4. The first-order valence-electron chi connectivity index (χ1n) is 11.2. The van der Waals surface area contributed by atoms with Crippen LogP contribution in [0.1, 0.15) is 23.2 Å². The molecule has 0 aromatic heterocycles. The van der Waals surface area contributed by atoms with E-state index in [4.69, 9.17) is 9.47 Å². The van der Waals surface area contributed by atoms with Crippen LogP contribution in [-0.4, -0.2) is 75.2 Å². The maximum Gasteiger partial charge on any atom is 0.331 e. The van der Waals surface area contributed by atoms with Gasteiger partial charge in [0.05, 0.1) is 12.1 Å². The predicted octanol–water partition coefficient (Wildman–Crippen LogP) is 2.65. The summed E-state index contributed by atoms with van der Waals surface area (Å²) in [6.45, 7) is -0.261. The number of hydrogen-bond donors (Lipinski definition) is 2. The first-order valence-corrected chi connectivity index (χ1v) is 11.2. The summed E-state index contributed by atoms with van der Waals surface area (Å²) in [5.74, 6) is -1.54. The summed E-state index contributed by atoms with van der Waals surface area (Å²) < 4.78 is 10.5. The highest BCUT2D eigenvalue weighted by molar-refractivity contribution is 5.91. The number of rotatable bonds is 10. The Labute approximate surface area is 210 Å². The van der Waals surface area contributed by atoms with Crippen LogP contribution in [0, 0.1) is 0 Å². The van der Waals surface area contributed by atoms with Crippen molar-refractivity contribution in [1.82, 2.24) is 20.4 Å². The number of nitrogens with one attached hydrogen (secondary N) is 2. The average Bonchev–Trinajstić information content (AvgIpc) is 2.88. The molecule has 10 heteroatoms. The molecule has 0 aliphatic heterocycles. The number of hydrogen-bond acceptors (Lipinski definition) is 6. The summed E-state index contributed by atoms with van der Waals surface area (Å²) in [6, 6.07) is 16.3. The largest absolute Gasteiger partial charge is 0.460 e. The molecule has 0 bridgehead atoms. The van der Waals surface area contributed by atoms with Crippen molar-refractivity contribution in [3.05, 3.63) is 83.9 Å². The van der Waals surface area contributed by atoms with Crippen LogP contribution in [0.5, 0.6) is 0 Å². The second-order valence-corrected chi connectivity index (χ2v) is 8.21. The summed E-state index contributed by atoms with van der Waals surface area (Å²) in [4.78, 5) is 51.3. The molecular weight excluding hydrogens is 464 g/mol. The normalized spacial score (nSPS) is 12.2. The third-order valence-electron chi connectivity index (χ3n) is 4.95. The molecule has 0 heterocycles. The van der Waals surface area contributed by atoms with Gasteiger partial charge in [-0.15, -0.1) is 0 Å².